The van der Waals surface area contributed by atoms with E-state index in [2.05, 4.69) is 13.8 Å². The van der Waals surface area contributed by atoms with Gasteiger partial charge >= 0.3 is 0 Å². The topological polar surface area (TPSA) is 35.2 Å². The summed E-state index contributed by atoms with van der Waals surface area (Å²) in [6, 6.07) is 0.408. The van der Waals surface area contributed by atoms with Crippen molar-refractivity contribution in [3.05, 3.63) is 0 Å². The molecular weight excluding hydrogens is 186 g/mol. The molecule has 90 valence electrons. The fourth-order valence-corrected chi connectivity index (χ4v) is 2.62. The third kappa shape index (κ3) is 4.12. The Bertz CT molecular complexity index is 155. The molecule has 1 heterocycles. The second kappa shape index (κ2) is 7.24. The summed E-state index contributed by atoms with van der Waals surface area (Å²) < 4.78 is 5.39. The molecule has 1 saturated heterocycles. The van der Waals surface area contributed by atoms with E-state index in [0.717, 1.165) is 19.1 Å². The SMILES string of the molecule is CCCCC(CC)C(N)C1CCOCC1. The van der Waals surface area contributed by atoms with Crippen molar-refractivity contribution in [1.82, 2.24) is 0 Å². The summed E-state index contributed by atoms with van der Waals surface area (Å²) >= 11 is 0. The molecule has 0 aromatic rings. The Morgan fingerprint density at radius 2 is 1.93 bits per heavy atom. The van der Waals surface area contributed by atoms with Crippen LogP contribution in [0.2, 0.25) is 0 Å². The molecule has 0 amide bonds. The van der Waals surface area contributed by atoms with Crippen molar-refractivity contribution in [3.63, 3.8) is 0 Å². The summed E-state index contributed by atoms with van der Waals surface area (Å²) in [7, 11) is 0. The molecule has 1 aliphatic rings. The largest absolute Gasteiger partial charge is 0.381 e. The van der Waals surface area contributed by atoms with Crippen molar-refractivity contribution in [2.75, 3.05) is 13.2 Å². The Morgan fingerprint density at radius 1 is 1.27 bits per heavy atom. The van der Waals surface area contributed by atoms with Crippen LogP contribution in [0.5, 0.6) is 0 Å². The lowest BCUT2D eigenvalue weighted by molar-refractivity contribution is 0.0497. The van der Waals surface area contributed by atoms with E-state index in [0.29, 0.717) is 12.0 Å². The summed E-state index contributed by atoms with van der Waals surface area (Å²) in [4.78, 5) is 0. The van der Waals surface area contributed by atoms with Gasteiger partial charge in [0.05, 0.1) is 0 Å². The van der Waals surface area contributed by atoms with Crippen LogP contribution in [0, 0.1) is 11.8 Å². The highest BCUT2D eigenvalue weighted by molar-refractivity contribution is 4.81. The standard InChI is InChI=1S/C13H27NO/c1-3-5-6-11(4-2)13(14)12-7-9-15-10-8-12/h11-13H,3-10,14H2,1-2H3. The van der Waals surface area contributed by atoms with Crippen LogP contribution >= 0.6 is 0 Å². The average molecular weight is 213 g/mol. The molecule has 1 aliphatic heterocycles. The van der Waals surface area contributed by atoms with E-state index in [-0.39, 0.29) is 0 Å². The van der Waals surface area contributed by atoms with Crippen molar-refractivity contribution < 1.29 is 4.74 Å². The molecule has 0 aromatic carbocycles. The summed E-state index contributed by atoms with van der Waals surface area (Å²) in [6.45, 7) is 6.37. The van der Waals surface area contributed by atoms with Gasteiger partial charge in [0.2, 0.25) is 0 Å². The lowest BCUT2D eigenvalue weighted by Crippen LogP contribution is -2.40. The predicted molar refractivity (Wildman–Crippen MR) is 64.8 cm³/mol. The molecule has 2 N–H and O–H groups in total. The lowest BCUT2D eigenvalue weighted by Gasteiger charge is -2.33. The summed E-state index contributed by atoms with van der Waals surface area (Å²) in [5, 5.41) is 0. The Hall–Kier alpha value is -0.0800. The summed E-state index contributed by atoms with van der Waals surface area (Å²) in [5.41, 5.74) is 6.39. The van der Waals surface area contributed by atoms with E-state index in [1.54, 1.807) is 0 Å². The molecule has 0 bridgehead atoms. The van der Waals surface area contributed by atoms with Crippen molar-refractivity contribution in [2.45, 2.75) is 58.4 Å². The zero-order chi connectivity index (χ0) is 11.1. The first-order valence-electron chi connectivity index (χ1n) is 6.62. The van der Waals surface area contributed by atoms with Crippen molar-refractivity contribution in [2.24, 2.45) is 17.6 Å². The highest BCUT2D eigenvalue weighted by Crippen LogP contribution is 2.26. The van der Waals surface area contributed by atoms with Gasteiger partial charge in [-0.15, -0.1) is 0 Å². The fourth-order valence-electron chi connectivity index (χ4n) is 2.62. The van der Waals surface area contributed by atoms with Crippen LogP contribution in [0.15, 0.2) is 0 Å². The third-order valence-electron chi connectivity index (χ3n) is 3.81. The van der Waals surface area contributed by atoms with Gasteiger partial charge in [0.1, 0.15) is 0 Å². The molecular formula is C13H27NO. The van der Waals surface area contributed by atoms with E-state index in [4.69, 9.17) is 10.5 Å². The minimum atomic E-state index is 0.408. The molecule has 2 heteroatoms. The number of unbranched alkanes of at least 4 members (excludes halogenated alkanes) is 1. The molecule has 0 saturated carbocycles. The van der Waals surface area contributed by atoms with Gasteiger partial charge < -0.3 is 10.5 Å². The molecule has 0 aliphatic carbocycles. The fraction of sp³-hybridized carbons (Fsp3) is 1.00. The van der Waals surface area contributed by atoms with Crippen molar-refractivity contribution >= 4 is 0 Å². The number of nitrogens with two attached hydrogens (primary N) is 1. The minimum absolute atomic E-state index is 0.408. The van der Waals surface area contributed by atoms with Crippen molar-refractivity contribution in [1.29, 1.82) is 0 Å². The van der Waals surface area contributed by atoms with Gasteiger partial charge in [-0.2, -0.15) is 0 Å². The summed E-state index contributed by atoms with van der Waals surface area (Å²) in [5.74, 6) is 1.44. The monoisotopic (exact) mass is 213 g/mol. The van der Waals surface area contributed by atoms with Gasteiger partial charge in [-0.05, 0) is 31.1 Å². The van der Waals surface area contributed by atoms with Gasteiger partial charge in [-0.3, -0.25) is 0 Å². The number of hydrogen-bond donors (Lipinski definition) is 1. The normalized spacial score (nSPS) is 22.6. The van der Waals surface area contributed by atoms with E-state index >= 15 is 0 Å². The number of hydrogen-bond acceptors (Lipinski definition) is 2. The Kier molecular flexibility index (Phi) is 6.26. The first-order valence-corrected chi connectivity index (χ1v) is 6.62. The molecule has 15 heavy (non-hydrogen) atoms. The predicted octanol–water partition coefficient (Wildman–Crippen LogP) is 2.96. The Labute approximate surface area is 94.6 Å². The maximum absolute atomic E-state index is 6.39. The molecule has 2 unspecified atom stereocenters. The van der Waals surface area contributed by atoms with Crippen LogP contribution in [0.4, 0.5) is 0 Å². The first-order chi connectivity index (χ1) is 7.29. The van der Waals surface area contributed by atoms with E-state index in [1.807, 2.05) is 0 Å². The van der Waals surface area contributed by atoms with Gasteiger partial charge in [0.15, 0.2) is 0 Å². The highest BCUT2D eigenvalue weighted by atomic mass is 16.5. The van der Waals surface area contributed by atoms with E-state index < -0.39 is 0 Å². The quantitative estimate of drug-likeness (QED) is 0.736. The number of rotatable bonds is 6. The van der Waals surface area contributed by atoms with Crippen LogP contribution in [0.25, 0.3) is 0 Å². The van der Waals surface area contributed by atoms with E-state index in [9.17, 15) is 0 Å². The highest BCUT2D eigenvalue weighted by Gasteiger charge is 2.26. The molecule has 1 fully saturated rings. The number of ether oxygens (including phenoxy) is 1. The van der Waals surface area contributed by atoms with Crippen LogP contribution in [0.3, 0.4) is 0 Å². The Morgan fingerprint density at radius 3 is 2.47 bits per heavy atom. The van der Waals surface area contributed by atoms with Gasteiger partial charge in [0, 0.05) is 19.3 Å². The maximum Gasteiger partial charge on any atom is 0.0469 e. The minimum Gasteiger partial charge on any atom is -0.381 e. The Balaban J connectivity index is 2.36. The maximum atomic E-state index is 6.39. The smallest absolute Gasteiger partial charge is 0.0469 e. The lowest BCUT2D eigenvalue weighted by atomic mass is 9.80. The second-order valence-corrected chi connectivity index (χ2v) is 4.84. The van der Waals surface area contributed by atoms with Gasteiger partial charge in [-0.25, -0.2) is 0 Å². The van der Waals surface area contributed by atoms with Gasteiger partial charge in [0.25, 0.3) is 0 Å². The molecule has 2 atom stereocenters. The molecule has 0 aromatic heterocycles. The van der Waals surface area contributed by atoms with Crippen molar-refractivity contribution in [3.8, 4) is 0 Å². The molecule has 2 nitrogen and oxygen atoms in total. The molecule has 1 rings (SSSR count). The third-order valence-corrected chi connectivity index (χ3v) is 3.81. The molecule has 0 spiro atoms. The molecule has 0 radical (unpaired) electrons. The van der Waals surface area contributed by atoms with Crippen LogP contribution in [-0.2, 0) is 4.74 Å². The average Bonchev–Trinajstić information content (AvgIpc) is 2.31. The zero-order valence-electron chi connectivity index (χ0n) is 10.4. The van der Waals surface area contributed by atoms with Crippen LogP contribution in [-0.4, -0.2) is 19.3 Å². The van der Waals surface area contributed by atoms with E-state index in [1.165, 1.54) is 38.5 Å². The first kappa shape index (κ1) is 13.0. The van der Waals surface area contributed by atoms with Gasteiger partial charge in [-0.1, -0.05) is 33.1 Å². The van der Waals surface area contributed by atoms with Crippen LogP contribution < -0.4 is 5.73 Å². The zero-order valence-corrected chi connectivity index (χ0v) is 10.4. The van der Waals surface area contributed by atoms with Crippen LogP contribution in [0.1, 0.15) is 52.4 Å². The summed E-state index contributed by atoms with van der Waals surface area (Å²) in [6.07, 6.45) is 7.50. The second-order valence-electron chi connectivity index (χ2n) is 4.84.